The molecule has 1 aromatic heterocycles. The Balaban J connectivity index is 1.36. The van der Waals surface area contributed by atoms with Crippen LogP contribution in [0.25, 0.3) is 0 Å². The molecule has 0 saturated carbocycles. The molecule has 1 amide bonds. The smallest absolute Gasteiger partial charge is 0.252 e. The number of rotatable bonds is 6. The molecule has 9 heteroatoms. The van der Waals surface area contributed by atoms with Gasteiger partial charge in [0.05, 0.1) is 19.1 Å². The molecule has 0 bridgehead atoms. The summed E-state index contributed by atoms with van der Waals surface area (Å²) in [4.78, 5) is 17.1. The van der Waals surface area contributed by atoms with Crippen molar-refractivity contribution < 1.29 is 17.9 Å². The maximum atomic E-state index is 13.1. The van der Waals surface area contributed by atoms with E-state index in [-0.39, 0.29) is 18.4 Å². The van der Waals surface area contributed by atoms with Crippen molar-refractivity contribution in [2.45, 2.75) is 23.6 Å². The molecule has 2 aliphatic rings. The Bertz CT molecular complexity index is 971. The Kier molecular flexibility index (Phi) is 6.95. The Morgan fingerprint density at radius 3 is 2.58 bits per heavy atom. The van der Waals surface area contributed by atoms with E-state index < -0.39 is 10.0 Å². The van der Waals surface area contributed by atoms with Gasteiger partial charge in [0.1, 0.15) is 4.21 Å². The van der Waals surface area contributed by atoms with Gasteiger partial charge < -0.3 is 14.5 Å². The molecule has 2 saturated heterocycles. The van der Waals surface area contributed by atoms with E-state index in [0.717, 1.165) is 38.3 Å². The van der Waals surface area contributed by atoms with E-state index in [2.05, 4.69) is 29.2 Å². The van der Waals surface area contributed by atoms with Crippen molar-refractivity contribution in [3.63, 3.8) is 0 Å². The molecule has 1 atom stereocenters. The lowest BCUT2D eigenvalue weighted by molar-refractivity contribution is -0.135. The lowest BCUT2D eigenvalue weighted by atomic mass is 9.98. The quantitative estimate of drug-likeness (QED) is 0.659. The number of piperidine rings is 1. The van der Waals surface area contributed by atoms with Crippen LogP contribution in [0.5, 0.6) is 0 Å². The molecule has 168 valence electrons. The number of benzene rings is 1. The van der Waals surface area contributed by atoms with Crippen LogP contribution in [0.3, 0.4) is 0 Å². The molecule has 2 fully saturated rings. The zero-order valence-electron chi connectivity index (χ0n) is 17.8. The van der Waals surface area contributed by atoms with Gasteiger partial charge in [-0.1, -0.05) is 18.2 Å². The monoisotopic (exact) mass is 463 g/mol. The van der Waals surface area contributed by atoms with Crippen LogP contribution in [0.4, 0.5) is 5.69 Å². The highest BCUT2D eigenvalue weighted by atomic mass is 32.2. The summed E-state index contributed by atoms with van der Waals surface area (Å²) in [7, 11) is -1.72. The van der Waals surface area contributed by atoms with E-state index in [9.17, 15) is 13.2 Å². The lowest BCUT2D eigenvalue weighted by Crippen LogP contribution is -2.45. The molecule has 31 heavy (non-hydrogen) atoms. The maximum Gasteiger partial charge on any atom is 0.252 e. The number of carbonyl (C=O) groups is 1. The number of nitrogens with zero attached hydrogens (tertiary/aromatic N) is 3. The average molecular weight is 464 g/mol. The molecule has 2 aliphatic heterocycles. The number of hydrogen-bond donors (Lipinski definition) is 0. The summed E-state index contributed by atoms with van der Waals surface area (Å²) in [5.74, 6) is -0.301. The van der Waals surface area contributed by atoms with Gasteiger partial charge in [-0.05, 0) is 42.0 Å². The fourth-order valence-corrected chi connectivity index (χ4v) is 6.87. The minimum atomic E-state index is -3.52. The number of hydrogen-bond acceptors (Lipinski definition) is 6. The first-order chi connectivity index (χ1) is 14.9. The molecule has 2 aromatic rings. The van der Waals surface area contributed by atoms with Gasteiger partial charge >= 0.3 is 0 Å². The van der Waals surface area contributed by atoms with Crippen molar-refractivity contribution in [2.75, 3.05) is 51.3 Å². The van der Waals surface area contributed by atoms with Gasteiger partial charge in [0, 0.05) is 45.5 Å². The molecular formula is C22H29N3O4S2. The summed E-state index contributed by atoms with van der Waals surface area (Å²) in [5, 5.41) is 1.76. The maximum absolute atomic E-state index is 13.1. The molecule has 0 N–H and O–H groups in total. The number of morpholine rings is 1. The van der Waals surface area contributed by atoms with E-state index >= 15 is 0 Å². The van der Waals surface area contributed by atoms with Crippen LogP contribution in [0.15, 0.2) is 46.0 Å². The Hall–Kier alpha value is -1.94. The third-order valence-electron chi connectivity index (χ3n) is 5.93. The highest BCUT2D eigenvalue weighted by Crippen LogP contribution is 2.27. The van der Waals surface area contributed by atoms with E-state index in [1.54, 1.807) is 29.5 Å². The van der Waals surface area contributed by atoms with Gasteiger partial charge in [0.25, 0.3) is 10.0 Å². The van der Waals surface area contributed by atoms with Gasteiger partial charge in [-0.25, -0.2) is 8.42 Å². The molecule has 0 unspecified atom stereocenters. The predicted molar refractivity (Wildman–Crippen MR) is 122 cm³/mol. The van der Waals surface area contributed by atoms with Crippen LogP contribution in [0.2, 0.25) is 0 Å². The van der Waals surface area contributed by atoms with E-state index in [4.69, 9.17) is 4.74 Å². The molecule has 7 nitrogen and oxygen atoms in total. The molecule has 0 spiro atoms. The summed E-state index contributed by atoms with van der Waals surface area (Å²) in [6, 6.07) is 11.7. The van der Waals surface area contributed by atoms with Crippen molar-refractivity contribution >= 4 is 33.0 Å². The highest BCUT2D eigenvalue weighted by molar-refractivity contribution is 7.91. The SMILES string of the molecule is CN(Cc1ccc(N2CCOCC2)cc1)C(=O)[C@@H]1CCCN(S(=O)(=O)c2cccs2)C1. The summed E-state index contributed by atoms with van der Waals surface area (Å²) >= 11 is 1.22. The fraction of sp³-hybridized carbons (Fsp3) is 0.500. The molecule has 4 rings (SSSR count). The van der Waals surface area contributed by atoms with Crippen LogP contribution in [-0.4, -0.2) is 70.0 Å². The Morgan fingerprint density at radius 2 is 1.90 bits per heavy atom. The van der Waals surface area contributed by atoms with Crippen LogP contribution in [-0.2, 0) is 26.1 Å². The number of carbonyl (C=O) groups excluding carboxylic acids is 1. The first kappa shape index (κ1) is 22.3. The predicted octanol–water partition coefficient (Wildman–Crippen LogP) is 2.64. The van der Waals surface area contributed by atoms with E-state index in [1.807, 2.05) is 0 Å². The minimum absolute atomic E-state index is 0.00309. The fourth-order valence-electron chi connectivity index (χ4n) is 4.20. The van der Waals surface area contributed by atoms with E-state index in [1.165, 1.54) is 21.3 Å². The first-order valence-electron chi connectivity index (χ1n) is 10.7. The first-order valence-corrected chi connectivity index (χ1v) is 13.0. The lowest BCUT2D eigenvalue weighted by Gasteiger charge is -2.33. The van der Waals surface area contributed by atoms with Gasteiger partial charge in [0.15, 0.2) is 0 Å². The van der Waals surface area contributed by atoms with Crippen molar-refractivity contribution in [3.05, 3.63) is 47.3 Å². The van der Waals surface area contributed by atoms with Crippen molar-refractivity contribution in [1.82, 2.24) is 9.21 Å². The van der Waals surface area contributed by atoms with E-state index in [0.29, 0.717) is 23.7 Å². The van der Waals surface area contributed by atoms with Gasteiger partial charge in [0.2, 0.25) is 5.91 Å². The second-order valence-corrected chi connectivity index (χ2v) is 11.2. The summed E-state index contributed by atoms with van der Waals surface area (Å²) in [6.07, 6.45) is 1.42. The second-order valence-electron chi connectivity index (χ2n) is 8.09. The van der Waals surface area contributed by atoms with Crippen LogP contribution in [0.1, 0.15) is 18.4 Å². The molecule has 3 heterocycles. The number of thiophene rings is 1. The van der Waals surface area contributed by atoms with Crippen molar-refractivity contribution in [1.29, 1.82) is 0 Å². The number of sulfonamides is 1. The molecule has 1 aromatic carbocycles. The highest BCUT2D eigenvalue weighted by Gasteiger charge is 2.34. The molecule has 0 radical (unpaired) electrons. The number of amides is 1. The normalized spacial score (nSPS) is 20.5. The van der Waals surface area contributed by atoms with Crippen molar-refractivity contribution in [2.24, 2.45) is 5.92 Å². The van der Waals surface area contributed by atoms with Gasteiger partial charge in [-0.15, -0.1) is 11.3 Å². The summed E-state index contributed by atoms with van der Waals surface area (Å²) in [6.45, 7) is 4.51. The molecular weight excluding hydrogens is 434 g/mol. The average Bonchev–Trinajstić information content (AvgIpc) is 3.36. The van der Waals surface area contributed by atoms with Crippen LogP contribution in [0, 0.1) is 5.92 Å². The number of ether oxygens (including phenoxy) is 1. The summed E-state index contributed by atoms with van der Waals surface area (Å²) < 4.78 is 32.9. The third-order valence-corrected chi connectivity index (χ3v) is 9.17. The molecule has 0 aliphatic carbocycles. The summed E-state index contributed by atoms with van der Waals surface area (Å²) in [5.41, 5.74) is 2.23. The van der Waals surface area contributed by atoms with Gasteiger partial charge in [-0.3, -0.25) is 4.79 Å². The third kappa shape index (κ3) is 5.11. The zero-order chi connectivity index (χ0) is 21.8. The zero-order valence-corrected chi connectivity index (χ0v) is 19.4. The Morgan fingerprint density at radius 1 is 1.16 bits per heavy atom. The second kappa shape index (κ2) is 9.68. The van der Waals surface area contributed by atoms with Gasteiger partial charge in [-0.2, -0.15) is 4.31 Å². The van der Waals surface area contributed by atoms with Crippen molar-refractivity contribution in [3.8, 4) is 0 Å². The Labute approximate surface area is 188 Å². The topological polar surface area (TPSA) is 70.2 Å². The van der Waals surface area contributed by atoms with Crippen LogP contribution >= 0.6 is 11.3 Å². The minimum Gasteiger partial charge on any atom is -0.378 e. The number of anilines is 1. The standard InChI is InChI=1S/C22H29N3O4S2/c1-23(16-18-6-8-20(9-7-18)24-11-13-29-14-12-24)22(26)19-4-2-10-25(17-19)31(27,28)21-5-3-15-30-21/h3,5-9,15,19H,2,4,10-14,16-17H2,1H3/t19-/m1/s1. The largest absolute Gasteiger partial charge is 0.378 e. The van der Waals surface area contributed by atoms with Crippen LogP contribution < -0.4 is 4.90 Å².